The second-order valence-electron chi connectivity index (χ2n) is 7.55. The van der Waals surface area contributed by atoms with E-state index in [1.165, 1.54) is 44.9 Å². The van der Waals surface area contributed by atoms with Crippen LogP contribution in [-0.2, 0) is 10.0 Å². The maximum atomic E-state index is 11.8. The van der Waals surface area contributed by atoms with Crippen LogP contribution in [0.4, 0.5) is 0 Å². The van der Waals surface area contributed by atoms with Gasteiger partial charge in [-0.1, -0.05) is 25.7 Å². The monoisotopic (exact) mass is 486 g/mol. The molecule has 2 saturated carbocycles. The summed E-state index contributed by atoms with van der Waals surface area (Å²) < 4.78 is 26.3. The lowest BCUT2D eigenvalue weighted by atomic mass is 9.69. The van der Waals surface area contributed by atoms with Crippen LogP contribution < -0.4 is 15.4 Å². The minimum Gasteiger partial charge on any atom is -0.355 e. The lowest BCUT2D eigenvalue weighted by Gasteiger charge is -2.39. The first-order chi connectivity index (χ1) is 11.4. The molecule has 0 bridgehead atoms. The number of nitrogens with one attached hydrogen (secondary N) is 3. The van der Waals surface area contributed by atoms with Crippen molar-refractivity contribution in [1.82, 2.24) is 15.4 Å². The molecule has 0 aromatic heterocycles. The van der Waals surface area contributed by atoms with Gasteiger partial charge in [0.05, 0.1) is 5.75 Å². The van der Waals surface area contributed by atoms with Gasteiger partial charge in [0.25, 0.3) is 0 Å². The van der Waals surface area contributed by atoms with Crippen LogP contribution in [0, 0.1) is 11.8 Å². The molecule has 2 fully saturated rings. The quantitative estimate of drug-likeness (QED) is 0.306. The van der Waals surface area contributed by atoms with E-state index in [4.69, 9.17) is 0 Å². The van der Waals surface area contributed by atoms with Gasteiger partial charge in [-0.05, 0) is 44.9 Å². The molecule has 2 rings (SSSR count). The predicted molar refractivity (Wildman–Crippen MR) is 115 cm³/mol. The van der Waals surface area contributed by atoms with E-state index in [9.17, 15) is 8.42 Å². The van der Waals surface area contributed by atoms with Crippen LogP contribution in [0.15, 0.2) is 4.99 Å². The van der Waals surface area contributed by atoms with E-state index in [1.54, 1.807) is 7.05 Å². The second kappa shape index (κ2) is 10.9. The average Bonchev–Trinajstić information content (AvgIpc) is 2.52. The molecule has 0 aromatic rings. The van der Waals surface area contributed by atoms with Crippen molar-refractivity contribution in [3.63, 3.8) is 0 Å². The Kier molecular flexibility index (Phi) is 10.0. The minimum atomic E-state index is -3.23. The third-order valence-electron chi connectivity index (χ3n) is 5.18. The Morgan fingerprint density at radius 2 is 1.80 bits per heavy atom. The number of fused-ring (bicyclic) bond motifs is 1. The normalized spacial score (nSPS) is 27.4. The smallest absolute Gasteiger partial charge is 0.213 e. The highest BCUT2D eigenvalue weighted by Gasteiger charge is 2.32. The summed E-state index contributed by atoms with van der Waals surface area (Å²) in [4.78, 5) is 4.25. The first kappa shape index (κ1) is 23.0. The molecule has 0 amide bonds. The fourth-order valence-corrected chi connectivity index (χ4v) is 5.32. The molecular weight excluding hydrogens is 451 g/mol. The van der Waals surface area contributed by atoms with E-state index >= 15 is 0 Å². The molecule has 3 unspecified atom stereocenters. The van der Waals surface area contributed by atoms with Crippen LogP contribution >= 0.6 is 24.0 Å². The van der Waals surface area contributed by atoms with Crippen molar-refractivity contribution in [2.24, 2.45) is 16.8 Å². The first-order valence-corrected chi connectivity index (χ1v) is 11.0. The van der Waals surface area contributed by atoms with Gasteiger partial charge in [0.2, 0.25) is 10.0 Å². The van der Waals surface area contributed by atoms with Gasteiger partial charge in [-0.15, -0.1) is 24.0 Å². The Balaban J connectivity index is 0.00000312. The highest BCUT2D eigenvalue weighted by molar-refractivity contribution is 14.0. The van der Waals surface area contributed by atoms with E-state index < -0.39 is 10.0 Å². The molecule has 25 heavy (non-hydrogen) atoms. The molecule has 8 heteroatoms. The zero-order valence-electron chi connectivity index (χ0n) is 15.8. The van der Waals surface area contributed by atoms with Crippen LogP contribution in [-0.4, -0.2) is 45.8 Å². The Morgan fingerprint density at radius 1 is 1.12 bits per heavy atom. The Hall–Kier alpha value is -0.0900. The molecule has 0 aromatic carbocycles. The number of guanidine groups is 1. The van der Waals surface area contributed by atoms with Crippen LogP contribution in [0.1, 0.15) is 58.8 Å². The third-order valence-corrected chi connectivity index (χ3v) is 6.75. The topological polar surface area (TPSA) is 82.6 Å². The highest BCUT2D eigenvalue weighted by Crippen LogP contribution is 2.40. The molecule has 3 atom stereocenters. The molecule has 0 spiro atoms. The first-order valence-electron chi connectivity index (χ1n) is 9.37. The van der Waals surface area contributed by atoms with Crippen LogP contribution in [0.3, 0.4) is 0 Å². The number of hydrogen-bond acceptors (Lipinski definition) is 3. The maximum Gasteiger partial charge on any atom is 0.213 e. The number of rotatable bonds is 6. The summed E-state index contributed by atoms with van der Waals surface area (Å²) in [6, 6.07) is 0.388. The predicted octanol–water partition coefficient (Wildman–Crippen LogP) is 2.46. The number of nitrogens with zero attached hydrogens (tertiary/aromatic N) is 1. The third kappa shape index (κ3) is 7.99. The molecule has 0 saturated heterocycles. The number of sulfonamides is 1. The Bertz CT molecular complexity index is 525. The Labute approximate surface area is 170 Å². The van der Waals surface area contributed by atoms with E-state index in [-0.39, 0.29) is 35.8 Å². The zero-order valence-corrected chi connectivity index (χ0v) is 18.9. The van der Waals surface area contributed by atoms with Crippen molar-refractivity contribution in [1.29, 1.82) is 0 Å². The molecule has 0 radical (unpaired) electrons. The fraction of sp³-hybridized carbons (Fsp3) is 0.941. The van der Waals surface area contributed by atoms with Crippen molar-refractivity contribution < 1.29 is 8.42 Å². The van der Waals surface area contributed by atoms with E-state index in [0.717, 1.165) is 11.8 Å². The van der Waals surface area contributed by atoms with Crippen LogP contribution in [0.5, 0.6) is 0 Å². The fourth-order valence-electron chi connectivity index (χ4n) is 4.11. The number of hydrogen-bond donors (Lipinski definition) is 3. The standard InChI is InChI=1S/C17H34N4O2S.HI/c1-13(2)21-24(22,23)11-10-19-17(18-3)20-16-9-8-14-6-4-5-7-15(14)12-16;/h13-16,21H,4-12H2,1-3H3,(H2,18,19,20);1H. The Morgan fingerprint density at radius 3 is 2.44 bits per heavy atom. The summed E-state index contributed by atoms with van der Waals surface area (Å²) in [5.41, 5.74) is 0. The van der Waals surface area contributed by atoms with Crippen molar-refractivity contribution in [3.05, 3.63) is 0 Å². The zero-order chi connectivity index (χ0) is 17.6. The van der Waals surface area contributed by atoms with Gasteiger partial charge < -0.3 is 10.6 Å². The van der Waals surface area contributed by atoms with Crippen molar-refractivity contribution >= 4 is 40.0 Å². The molecular formula is C17H35IN4O2S. The summed E-state index contributed by atoms with van der Waals surface area (Å²) in [6.45, 7) is 4.01. The summed E-state index contributed by atoms with van der Waals surface area (Å²) >= 11 is 0. The average molecular weight is 486 g/mol. The van der Waals surface area contributed by atoms with Crippen molar-refractivity contribution in [2.75, 3.05) is 19.3 Å². The van der Waals surface area contributed by atoms with Crippen LogP contribution in [0.2, 0.25) is 0 Å². The molecule has 3 N–H and O–H groups in total. The largest absolute Gasteiger partial charge is 0.355 e. The maximum absolute atomic E-state index is 11.8. The van der Waals surface area contributed by atoms with Gasteiger partial charge in [-0.3, -0.25) is 4.99 Å². The van der Waals surface area contributed by atoms with Gasteiger partial charge in [0.15, 0.2) is 5.96 Å². The van der Waals surface area contributed by atoms with Gasteiger partial charge in [0.1, 0.15) is 0 Å². The van der Waals surface area contributed by atoms with Gasteiger partial charge in [-0.2, -0.15) is 0 Å². The second-order valence-corrected chi connectivity index (χ2v) is 9.42. The van der Waals surface area contributed by atoms with Crippen molar-refractivity contribution in [3.8, 4) is 0 Å². The SMILES string of the molecule is CN=C(NCCS(=O)(=O)NC(C)C)NC1CCC2CCCCC2C1.I. The summed E-state index contributed by atoms with van der Waals surface area (Å²) in [6.07, 6.45) is 9.28. The van der Waals surface area contributed by atoms with Crippen molar-refractivity contribution in [2.45, 2.75) is 70.9 Å². The molecule has 2 aliphatic rings. The van der Waals surface area contributed by atoms with Crippen LogP contribution in [0.25, 0.3) is 0 Å². The minimum absolute atomic E-state index is 0. The molecule has 2 aliphatic carbocycles. The number of halogens is 1. The summed E-state index contributed by atoms with van der Waals surface area (Å²) in [5.74, 6) is 2.56. The molecule has 6 nitrogen and oxygen atoms in total. The highest BCUT2D eigenvalue weighted by atomic mass is 127. The lowest BCUT2D eigenvalue weighted by Crippen LogP contribution is -2.48. The molecule has 148 valence electrons. The summed E-state index contributed by atoms with van der Waals surface area (Å²) in [7, 11) is -1.49. The molecule has 0 heterocycles. The summed E-state index contributed by atoms with van der Waals surface area (Å²) in [5, 5.41) is 6.63. The van der Waals surface area contributed by atoms with E-state index in [2.05, 4.69) is 20.3 Å². The van der Waals surface area contributed by atoms with E-state index in [0.29, 0.717) is 18.5 Å². The van der Waals surface area contributed by atoms with E-state index in [1.807, 2.05) is 13.8 Å². The molecule has 0 aliphatic heterocycles. The number of aliphatic imine (C=N–C) groups is 1. The van der Waals surface area contributed by atoms with Gasteiger partial charge in [0, 0.05) is 25.7 Å². The lowest BCUT2D eigenvalue weighted by molar-refractivity contribution is 0.150. The van der Waals surface area contributed by atoms with Gasteiger partial charge >= 0.3 is 0 Å². The van der Waals surface area contributed by atoms with Gasteiger partial charge in [-0.25, -0.2) is 13.1 Å².